The van der Waals surface area contributed by atoms with Crippen molar-refractivity contribution < 1.29 is 42.7 Å². The Morgan fingerprint density at radius 2 is 1.22 bits per heavy atom. The minimum atomic E-state index is -4.78. The van der Waals surface area contributed by atoms with E-state index in [4.69, 9.17) is 24.0 Å². The van der Waals surface area contributed by atoms with Crippen LogP contribution >= 0.6 is 7.82 Å². The lowest BCUT2D eigenvalue weighted by Gasteiger charge is -2.18. The van der Waals surface area contributed by atoms with E-state index in [0.717, 1.165) is 77.0 Å². The van der Waals surface area contributed by atoms with Crippen LogP contribution in [0.15, 0.2) is 72.9 Å². The number of allylic oxidation sites excluding steroid dienone is 11. The molecule has 1 fully saturated rings. The summed E-state index contributed by atoms with van der Waals surface area (Å²) < 4.78 is 32.1. The number of esters is 2. The van der Waals surface area contributed by atoms with Gasteiger partial charge in [-0.25, -0.2) is 4.57 Å². The fraction of sp³-hybridized carbons (Fsp3) is 0.659. The van der Waals surface area contributed by atoms with Crippen molar-refractivity contribution in [2.45, 2.75) is 161 Å². The third kappa shape index (κ3) is 31.9. The van der Waals surface area contributed by atoms with Gasteiger partial charge in [-0.05, 0) is 77.0 Å². The topological polar surface area (TPSA) is 132 Å². The summed E-state index contributed by atoms with van der Waals surface area (Å²) in [7, 11) is -4.78. The van der Waals surface area contributed by atoms with Crippen LogP contribution in [0, 0.1) is 0 Å². The van der Waals surface area contributed by atoms with E-state index in [1.165, 1.54) is 19.3 Å². The minimum absolute atomic E-state index is 0.173. The van der Waals surface area contributed by atoms with Crippen LogP contribution in [0.5, 0.6) is 0 Å². The SMILES string of the molecule is CC/C=C\C/C=C\C/C=C\C/C=C\C/C=C\CCCC(=O)OC[C@H](COP(=O)(O)O)OC(=O)CCCCCCCC1OC1C/C=C\CCCCC. The first-order valence-corrected chi connectivity index (χ1v) is 20.9. The van der Waals surface area contributed by atoms with Gasteiger partial charge in [0, 0.05) is 12.8 Å². The maximum Gasteiger partial charge on any atom is 0.469 e. The van der Waals surface area contributed by atoms with Crippen molar-refractivity contribution in [1.82, 2.24) is 0 Å². The van der Waals surface area contributed by atoms with Crippen LogP contribution in [0.25, 0.3) is 0 Å². The van der Waals surface area contributed by atoms with Gasteiger partial charge in [0.15, 0.2) is 6.10 Å². The molecule has 0 amide bonds. The van der Waals surface area contributed by atoms with E-state index < -0.39 is 32.5 Å². The monoisotopic (exact) mass is 734 g/mol. The van der Waals surface area contributed by atoms with Crippen LogP contribution in [-0.2, 0) is 32.9 Å². The maximum absolute atomic E-state index is 12.4. The highest BCUT2D eigenvalue weighted by atomic mass is 31.2. The summed E-state index contributed by atoms with van der Waals surface area (Å²) in [6.07, 6.45) is 43.6. The average molecular weight is 735 g/mol. The van der Waals surface area contributed by atoms with Crippen LogP contribution in [0.4, 0.5) is 0 Å². The molecule has 10 heteroatoms. The van der Waals surface area contributed by atoms with Crippen LogP contribution in [0.1, 0.15) is 142 Å². The number of carbonyl (C=O) groups is 2. The van der Waals surface area contributed by atoms with E-state index in [-0.39, 0.29) is 19.4 Å². The zero-order chi connectivity index (χ0) is 37.3. The highest BCUT2D eigenvalue weighted by Gasteiger charge is 2.36. The third-order valence-corrected chi connectivity index (χ3v) is 8.62. The van der Waals surface area contributed by atoms with Crippen LogP contribution < -0.4 is 0 Å². The first kappa shape index (κ1) is 46.5. The Labute approximate surface area is 308 Å². The van der Waals surface area contributed by atoms with Gasteiger partial charge in [0.25, 0.3) is 0 Å². The first-order chi connectivity index (χ1) is 24.7. The molecule has 9 nitrogen and oxygen atoms in total. The number of hydrogen-bond donors (Lipinski definition) is 2. The summed E-state index contributed by atoms with van der Waals surface area (Å²) in [5.41, 5.74) is 0. The molecule has 2 unspecified atom stereocenters. The molecule has 0 aliphatic carbocycles. The summed E-state index contributed by atoms with van der Waals surface area (Å²) in [6.45, 7) is 3.45. The Kier molecular flexibility index (Phi) is 29.3. The van der Waals surface area contributed by atoms with Gasteiger partial charge in [0.2, 0.25) is 0 Å². The molecule has 1 rings (SSSR count). The van der Waals surface area contributed by atoms with Gasteiger partial charge >= 0.3 is 19.8 Å². The molecule has 1 saturated heterocycles. The van der Waals surface area contributed by atoms with Crippen LogP contribution in [0.2, 0.25) is 0 Å². The number of phosphoric acid groups is 1. The fourth-order valence-corrected chi connectivity index (χ4v) is 5.54. The summed E-state index contributed by atoms with van der Waals surface area (Å²) in [5.74, 6) is -0.984. The Hall–Kier alpha value is -2.55. The molecule has 0 aromatic rings. The first-order valence-electron chi connectivity index (χ1n) is 19.4. The van der Waals surface area contributed by atoms with Gasteiger partial charge in [-0.1, -0.05) is 125 Å². The van der Waals surface area contributed by atoms with Gasteiger partial charge in [-0.15, -0.1) is 0 Å². The van der Waals surface area contributed by atoms with Gasteiger partial charge in [0.1, 0.15) is 6.61 Å². The van der Waals surface area contributed by atoms with Crippen molar-refractivity contribution in [2.75, 3.05) is 13.2 Å². The zero-order valence-electron chi connectivity index (χ0n) is 31.4. The number of hydrogen-bond acceptors (Lipinski definition) is 7. The molecule has 51 heavy (non-hydrogen) atoms. The second kappa shape index (κ2) is 32.1. The summed E-state index contributed by atoms with van der Waals surface area (Å²) in [6, 6.07) is 0. The predicted octanol–water partition coefficient (Wildman–Crippen LogP) is 10.5. The number of rotatable bonds is 33. The Balaban J connectivity index is 2.15. The number of phosphoric ester groups is 1. The van der Waals surface area contributed by atoms with Crippen molar-refractivity contribution in [1.29, 1.82) is 0 Å². The van der Waals surface area contributed by atoms with Crippen LogP contribution in [-0.4, -0.2) is 53.3 Å². The molecule has 0 spiro atoms. The van der Waals surface area contributed by atoms with Gasteiger partial charge in [-0.3, -0.25) is 14.1 Å². The van der Waals surface area contributed by atoms with Crippen molar-refractivity contribution in [3.05, 3.63) is 72.9 Å². The summed E-state index contributed by atoms with van der Waals surface area (Å²) >= 11 is 0. The number of ether oxygens (including phenoxy) is 3. The van der Waals surface area contributed by atoms with Crippen molar-refractivity contribution in [2.24, 2.45) is 0 Å². The molecule has 0 bridgehead atoms. The maximum atomic E-state index is 12.4. The lowest BCUT2D eigenvalue weighted by molar-refractivity contribution is -0.161. The summed E-state index contributed by atoms with van der Waals surface area (Å²) in [4.78, 5) is 42.8. The lowest BCUT2D eigenvalue weighted by Crippen LogP contribution is -2.29. The third-order valence-electron chi connectivity index (χ3n) is 8.13. The molecule has 2 N–H and O–H groups in total. The number of epoxide rings is 1. The molecular weight excluding hydrogens is 667 g/mol. The average Bonchev–Trinajstić information content (AvgIpc) is 3.85. The van der Waals surface area contributed by atoms with E-state index in [1.807, 2.05) is 6.08 Å². The zero-order valence-corrected chi connectivity index (χ0v) is 32.3. The Bertz CT molecular complexity index is 1120. The van der Waals surface area contributed by atoms with Crippen molar-refractivity contribution >= 4 is 19.8 Å². The Morgan fingerprint density at radius 1 is 0.647 bits per heavy atom. The van der Waals surface area contributed by atoms with E-state index >= 15 is 0 Å². The molecule has 1 heterocycles. The quantitative estimate of drug-likeness (QED) is 0.0222. The van der Waals surface area contributed by atoms with E-state index in [0.29, 0.717) is 31.5 Å². The van der Waals surface area contributed by atoms with E-state index in [1.54, 1.807) is 0 Å². The molecule has 0 aromatic heterocycles. The van der Waals surface area contributed by atoms with Gasteiger partial charge in [-0.2, -0.15) is 0 Å². The predicted molar refractivity (Wildman–Crippen MR) is 206 cm³/mol. The standard InChI is InChI=1S/C41H67O9P/c1-3-5-7-9-11-12-13-14-15-16-17-18-19-20-21-25-29-33-40(42)47-35-37(36-48-51(44,45)46)49-41(43)34-30-26-22-24-28-32-39-38(50-39)31-27-23-10-8-6-4-2/h5,7,11-12,14-15,17-18,20-21,23,27,37-39H,3-4,6,8-10,13,16,19,22,24-26,28-36H2,1-2H3,(H2,44,45,46)/b7-5-,12-11-,15-14-,18-17-,21-20-,27-23-/t37-,38?,39?/m1/s1. The van der Waals surface area contributed by atoms with Crippen molar-refractivity contribution in [3.63, 3.8) is 0 Å². The highest BCUT2D eigenvalue weighted by Crippen LogP contribution is 2.36. The molecule has 0 saturated carbocycles. The normalized spacial score (nSPS) is 17.3. The molecule has 1 aliphatic rings. The smallest absolute Gasteiger partial charge is 0.462 e. The van der Waals surface area contributed by atoms with Crippen molar-refractivity contribution in [3.8, 4) is 0 Å². The van der Waals surface area contributed by atoms with Crippen LogP contribution in [0.3, 0.4) is 0 Å². The van der Waals surface area contributed by atoms with E-state index in [9.17, 15) is 14.2 Å². The molecule has 0 aromatic carbocycles. The molecule has 3 atom stereocenters. The van der Waals surface area contributed by atoms with E-state index in [2.05, 4.69) is 85.2 Å². The molecule has 0 radical (unpaired) electrons. The highest BCUT2D eigenvalue weighted by molar-refractivity contribution is 7.46. The summed E-state index contributed by atoms with van der Waals surface area (Å²) in [5, 5.41) is 0. The fourth-order valence-electron chi connectivity index (χ4n) is 5.18. The second-order valence-corrected chi connectivity index (χ2v) is 14.1. The molecule has 1 aliphatic heterocycles. The molecular formula is C41H67O9P. The lowest BCUT2D eigenvalue weighted by atomic mass is 10.1. The Morgan fingerprint density at radius 3 is 1.86 bits per heavy atom. The molecule has 290 valence electrons. The second-order valence-electron chi connectivity index (χ2n) is 12.9. The largest absolute Gasteiger partial charge is 0.469 e. The number of unbranched alkanes of at least 4 members (excludes halogenated alkanes) is 8. The van der Waals surface area contributed by atoms with Gasteiger partial charge in [0.05, 0.1) is 18.8 Å². The minimum Gasteiger partial charge on any atom is -0.462 e. The number of carbonyl (C=O) groups excluding carboxylic acids is 2. The van der Waals surface area contributed by atoms with Gasteiger partial charge < -0.3 is 24.0 Å².